The van der Waals surface area contributed by atoms with Crippen molar-refractivity contribution in [2.75, 3.05) is 42.3 Å². The predicted octanol–water partition coefficient (Wildman–Crippen LogP) is 3.79. The van der Waals surface area contributed by atoms with Crippen LogP contribution in [-0.4, -0.2) is 66.9 Å². The molecule has 2 fully saturated rings. The third-order valence-corrected chi connectivity index (χ3v) is 8.77. The highest BCUT2D eigenvalue weighted by atomic mass is 35.5. The lowest BCUT2D eigenvalue weighted by atomic mass is 10.1. The van der Waals surface area contributed by atoms with Gasteiger partial charge in [0.15, 0.2) is 9.84 Å². The van der Waals surface area contributed by atoms with Gasteiger partial charge in [0.1, 0.15) is 23.7 Å². The van der Waals surface area contributed by atoms with Gasteiger partial charge in [-0.3, -0.25) is 9.69 Å². The van der Waals surface area contributed by atoms with Gasteiger partial charge < -0.3 is 15.4 Å². The lowest BCUT2D eigenvalue weighted by molar-refractivity contribution is -0.111. The first-order valence-electron chi connectivity index (χ1n) is 11.7. The molecule has 3 heterocycles. The fourth-order valence-electron chi connectivity index (χ4n) is 4.94. The molecule has 2 unspecified atom stereocenters. The van der Waals surface area contributed by atoms with Crippen LogP contribution in [0.4, 0.5) is 21.6 Å². The number of methoxy groups -OCH3 is 1. The molecule has 2 saturated heterocycles. The zero-order chi connectivity index (χ0) is 26.2. The second-order valence-electron chi connectivity index (χ2n) is 9.13. The molecule has 5 rings (SSSR count). The van der Waals surface area contributed by atoms with E-state index in [4.69, 9.17) is 16.3 Å². The van der Waals surface area contributed by atoms with Crippen LogP contribution in [0.5, 0.6) is 5.75 Å². The van der Waals surface area contributed by atoms with Gasteiger partial charge in [-0.15, -0.1) is 0 Å². The van der Waals surface area contributed by atoms with Crippen LogP contribution in [-0.2, 0) is 14.6 Å². The largest absolute Gasteiger partial charge is 0.494 e. The van der Waals surface area contributed by atoms with Gasteiger partial charge in [0.05, 0.1) is 34.8 Å². The molecule has 0 aliphatic carbocycles. The van der Waals surface area contributed by atoms with E-state index in [1.165, 1.54) is 37.7 Å². The monoisotopic (exact) mass is 545 g/mol. The number of amides is 1. The van der Waals surface area contributed by atoms with Gasteiger partial charge >= 0.3 is 0 Å². The van der Waals surface area contributed by atoms with Crippen LogP contribution in [0.3, 0.4) is 0 Å². The van der Waals surface area contributed by atoms with Crippen LogP contribution in [0.2, 0.25) is 5.02 Å². The molecule has 2 N–H and O–H groups in total. The first kappa shape index (κ1) is 25.4. The van der Waals surface area contributed by atoms with Gasteiger partial charge in [0.25, 0.3) is 0 Å². The van der Waals surface area contributed by atoms with Crippen molar-refractivity contribution >= 4 is 55.4 Å². The number of benzene rings is 2. The molecule has 0 radical (unpaired) electrons. The van der Waals surface area contributed by atoms with E-state index in [9.17, 15) is 17.6 Å². The number of carbonyl (C=O) groups excluding carboxylic acids is 1. The van der Waals surface area contributed by atoms with E-state index in [0.29, 0.717) is 40.4 Å². The first-order chi connectivity index (χ1) is 17.7. The number of ether oxygens (including phenoxy) is 1. The molecule has 0 saturated carbocycles. The van der Waals surface area contributed by atoms with Crippen molar-refractivity contribution in [3.05, 3.63) is 59.7 Å². The predicted molar refractivity (Wildman–Crippen MR) is 141 cm³/mol. The van der Waals surface area contributed by atoms with E-state index in [1.54, 1.807) is 18.2 Å². The van der Waals surface area contributed by atoms with Crippen LogP contribution in [0.1, 0.15) is 6.42 Å². The summed E-state index contributed by atoms with van der Waals surface area (Å²) < 4.78 is 42.8. The Morgan fingerprint density at radius 3 is 2.89 bits per heavy atom. The van der Waals surface area contributed by atoms with E-state index in [2.05, 4.69) is 25.5 Å². The molecule has 12 heteroatoms. The highest BCUT2D eigenvalue weighted by Gasteiger charge is 2.44. The Hall–Kier alpha value is -3.28. The number of hydrogen-bond donors (Lipinski definition) is 2. The molecule has 37 heavy (non-hydrogen) atoms. The Morgan fingerprint density at radius 2 is 2.11 bits per heavy atom. The van der Waals surface area contributed by atoms with Crippen LogP contribution < -0.4 is 15.4 Å². The van der Waals surface area contributed by atoms with Crippen molar-refractivity contribution in [1.82, 2.24) is 14.9 Å². The van der Waals surface area contributed by atoms with E-state index < -0.39 is 15.7 Å². The summed E-state index contributed by atoms with van der Waals surface area (Å²) in [5, 5.41) is 6.51. The number of anilines is 3. The maximum Gasteiger partial charge on any atom is 0.248 e. The van der Waals surface area contributed by atoms with Crippen LogP contribution in [0, 0.1) is 11.7 Å². The summed E-state index contributed by atoms with van der Waals surface area (Å²) in [6.45, 7) is 1.32. The molecule has 9 nitrogen and oxygen atoms in total. The molecule has 2 aliphatic heterocycles. The Morgan fingerprint density at radius 1 is 1.27 bits per heavy atom. The molecule has 0 spiro atoms. The summed E-state index contributed by atoms with van der Waals surface area (Å²) in [6, 6.07) is 7.65. The highest BCUT2D eigenvalue weighted by Crippen LogP contribution is 2.34. The zero-order valence-electron chi connectivity index (χ0n) is 19.9. The summed E-state index contributed by atoms with van der Waals surface area (Å²) in [6.07, 6.45) is 5.42. The fraction of sp³-hybridized carbons (Fsp3) is 0.320. The number of nitrogens with one attached hydrogen (secondary N) is 2. The van der Waals surface area contributed by atoms with Crippen molar-refractivity contribution in [3.8, 4) is 5.75 Å². The lowest BCUT2D eigenvalue weighted by Gasteiger charge is -2.20. The molecule has 1 aromatic heterocycles. The smallest absolute Gasteiger partial charge is 0.248 e. The molecule has 2 aliphatic rings. The number of aromatic nitrogens is 2. The molecular weight excluding hydrogens is 521 g/mol. The van der Waals surface area contributed by atoms with Gasteiger partial charge in [0, 0.05) is 35.8 Å². The van der Waals surface area contributed by atoms with Gasteiger partial charge in [0.2, 0.25) is 5.91 Å². The Labute approximate surface area is 218 Å². The number of likely N-dealkylation sites (tertiary alicyclic amines) is 1. The number of sulfone groups is 1. The Balaban J connectivity index is 1.32. The molecule has 0 bridgehead atoms. The number of fused-ring (bicyclic) bond motifs is 2. The second kappa shape index (κ2) is 10.2. The van der Waals surface area contributed by atoms with Gasteiger partial charge in [-0.05, 0) is 43.1 Å². The summed E-state index contributed by atoms with van der Waals surface area (Å²) in [5.41, 5.74) is 1.53. The summed E-state index contributed by atoms with van der Waals surface area (Å²) in [5.74, 6) is 0.608. The zero-order valence-corrected chi connectivity index (χ0v) is 21.5. The highest BCUT2D eigenvalue weighted by molar-refractivity contribution is 7.91. The minimum atomic E-state index is -2.97. The number of rotatable bonds is 7. The molecule has 2 atom stereocenters. The summed E-state index contributed by atoms with van der Waals surface area (Å²) >= 11 is 5.89. The fourth-order valence-corrected chi connectivity index (χ4v) is 7.30. The van der Waals surface area contributed by atoms with Crippen molar-refractivity contribution < 1.29 is 22.3 Å². The number of hydrogen-bond acceptors (Lipinski definition) is 8. The third-order valence-electron chi connectivity index (χ3n) is 6.70. The van der Waals surface area contributed by atoms with Gasteiger partial charge in [-0.1, -0.05) is 17.7 Å². The standard InChI is InChI=1S/C25H25ClFN5O4S/c1-36-23-11-20-17(25(29-14-28-20)30-16-4-5-19(27)18(26)9-16)10-21(23)31-24(33)3-2-7-32-8-6-15-12-37(34,35)13-22(15)32/h2-5,9-11,14-15,22H,6-8,12-13H2,1H3,(H,31,33)(H,28,29,30)/b3-2+. The minimum absolute atomic E-state index is 0.0243. The maximum absolute atomic E-state index is 13.5. The van der Waals surface area contributed by atoms with Crippen molar-refractivity contribution in [1.29, 1.82) is 0 Å². The van der Waals surface area contributed by atoms with E-state index in [0.717, 1.165) is 13.0 Å². The molecule has 3 aromatic rings. The Kier molecular flexibility index (Phi) is 7.02. The molecular formula is C25H25ClFN5O4S. The topological polar surface area (TPSA) is 114 Å². The van der Waals surface area contributed by atoms with Crippen molar-refractivity contribution in [2.45, 2.75) is 12.5 Å². The van der Waals surface area contributed by atoms with Gasteiger partial charge in [-0.25, -0.2) is 22.8 Å². The second-order valence-corrected chi connectivity index (χ2v) is 11.7. The summed E-state index contributed by atoms with van der Waals surface area (Å²) in [7, 11) is -1.48. The molecule has 194 valence electrons. The average Bonchev–Trinajstić information content (AvgIpc) is 3.36. The molecule has 2 aromatic carbocycles. The van der Waals surface area contributed by atoms with Crippen molar-refractivity contribution in [3.63, 3.8) is 0 Å². The SMILES string of the molecule is COc1cc2ncnc(Nc3ccc(F)c(Cl)c3)c2cc1NC(=O)/C=C/CN1CCC2CS(=O)(=O)CC21. The van der Waals surface area contributed by atoms with E-state index in [-0.39, 0.29) is 34.4 Å². The number of nitrogens with zero attached hydrogens (tertiary/aromatic N) is 3. The number of halogens is 2. The van der Waals surface area contributed by atoms with Crippen LogP contribution in [0.15, 0.2) is 48.8 Å². The normalized spacial score (nSPS) is 20.8. The van der Waals surface area contributed by atoms with Gasteiger partial charge in [-0.2, -0.15) is 0 Å². The third kappa shape index (κ3) is 5.53. The van der Waals surface area contributed by atoms with Crippen molar-refractivity contribution in [2.24, 2.45) is 5.92 Å². The Bertz CT molecular complexity index is 1500. The lowest BCUT2D eigenvalue weighted by Crippen LogP contribution is -2.33. The van der Waals surface area contributed by atoms with Crippen LogP contribution in [0.25, 0.3) is 10.9 Å². The van der Waals surface area contributed by atoms with E-state index >= 15 is 0 Å². The van der Waals surface area contributed by atoms with Crippen LogP contribution >= 0.6 is 11.6 Å². The minimum Gasteiger partial charge on any atom is -0.494 e. The number of carbonyl (C=O) groups is 1. The molecule has 1 amide bonds. The van der Waals surface area contributed by atoms with E-state index in [1.807, 2.05) is 0 Å². The average molecular weight is 546 g/mol. The summed E-state index contributed by atoms with van der Waals surface area (Å²) in [4.78, 5) is 23.4. The first-order valence-corrected chi connectivity index (χ1v) is 13.9. The maximum atomic E-state index is 13.5. The quantitative estimate of drug-likeness (QED) is 0.431.